The number of hydrogen-bond acceptors (Lipinski definition) is 4. The fraction of sp³-hybridized carbons (Fsp3) is 0.211. The van der Waals surface area contributed by atoms with E-state index in [0.717, 1.165) is 5.69 Å². The van der Waals surface area contributed by atoms with E-state index >= 15 is 0 Å². The van der Waals surface area contributed by atoms with Gasteiger partial charge in [0.1, 0.15) is 55.7 Å². The van der Waals surface area contributed by atoms with Crippen LogP contribution in [0.15, 0.2) is 15.9 Å². The Kier molecular flexibility index (Phi) is 5.78. The Hall–Kier alpha value is -3.03. The van der Waals surface area contributed by atoms with Crippen LogP contribution in [0.5, 0.6) is 5.75 Å². The molecule has 10 radical (unpaired) electrons. The summed E-state index contributed by atoms with van der Waals surface area (Å²) in [4.78, 5) is 37.5. The molecule has 0 aliphatic carbocycles. The second-order valence-electron chi connectivity index (χ2n) is 8.05. The van der Waals surface area contributed by atoms with E-state index in [1.165, 1.54) is 12.4 Å². The third-order valence-corrected chi connectivity index (χ3v) is 4.83. The molecule has 1 aromatic carbocycles. The van der Waals surface area contributed by atoms with E-state index in [2.05, 4.69) is 19.9 Å². The highest BCUT2D eigenvalue weighted by atomic mass is 16.3. The molecule has 12 heteroatoms. The van der Waals surface area contributed by atoms with Gasteiger partial charge < -0.3 is 20.1 Å². The Morgan fingerprint density at radius 2 is 1.61 bits per heavy atom. The van der Waals surface area contributed by atoms with Gasteiger partial charge in [-0.3, -0.25) is 9.59 Å². The molecule has 0 spiro atoms. The topological polar surface area (TPSA) is 115 Å². The number of phenolic OH excluding ortho intramolecular Hbond substituents is 1. The van der Waals surface area contributed by atoms with Crippen LogP contribution >= 0.6 is 0 Å². The summed E-state index contributed by atoms with van der Waals surface area (Å²) in [7, 11) is 29.2. The summed E-state index contributed by atoms with van der Waals surface area (Å²) in [5.41, 5.74) is -1.54. The molecular weight excluding hydrogens is 386 g/mol. The van der Waals surface area contributed by atoms with Gasteiger partial charge in [0.2, 0.25) is 0 Å². The Bertz CT molecular complexity index is 1400. The molecule has 0 saturated carbocycles. The predicted octanol–water partition coefficient (Wildman–Crippen LogP) is -4.88. The van der Waals surface area contributed by atoms with Crippen molar-refractivity contribution in [3.05, 3.63) is 54.7 Å². The van der Waals surface area contributed by atoms with Crippen molar-refractivity contribution in [3.8, 4) is 5.75 Å². The number of nitrogens with zero attached hydrogens (tertiary/aromatic N) is 1. The van der Waals surface area contributed by atoms with Crippen LogP contribution in [0.2, 0.25) is 0 Å². The van der Waals surface area contributed by atoms with E-state index in [-0.39, 0.29) is 49.0 Å². The van der Waals surface area contributed by atoms with Gasteiger partial charge in [0.05, 0.1) is 12.0 Å². The van der Waals surface area contributed by atoms with Crippen LogP contribution in [0.25, 0.3) is 11.5 Å². The molecule has 3 rings (SSSR count). The van der Waals surface area contributed by atoms with Crippen molar-refractivity contribution in [2.24, 2.45) is 0 Å². The van der Waals surface area contributed by atoms with Gasteiger partial charge in [-0.15, -0.1) is 10.9 Å². The molecule has 2 aromatic heterocycles. The van der Waals surface area contributed by atoms with Gasteiger partial charge in [0.15, 0.2) is 0 Å². The molecule has 0 saturated heterocycles. The van der Waals surface area contributed by atoms with E-state index in [9.17, 15) is 14.7 Å². The number of aromatic amines is 3. The van der Waals surface area contributed by atoms with Crippen LogP contribution in [0.3, 0.4) is 0 Å². The Morgan fingerprint density at radius 3 is 2.23 bits per heavy atom. The molecular formula is C19H15B5N4O3. The lowest BCUT2D eigenvalue weighted by Crippen LogP contribution is -2.51. The average Bonchev–Trinajstić information content (AvgIpc) is 3.16. The number of H-pyrrole nitrogens is 3. The molecule has 4 N–H and O–H groups in total. The van der Waals surface area contributed by atoms with Crippen LogP contribution in [-0.2, 0) is 5.41 Å². The largest absolute Gasteiger partial charge is 0.508 e. The van der Waals surface area contributed by atoms with Crippen LogP contribution in [0.4, 0.5) is 0 Å². The predicted molar refractivity (Wildman–Crippen MR) is 126 cm³/mol. The Morgan fingerprint density at radius 1 is 1.00 bits per heavy atom. The summed E-state index contributed by atoms with van der Waals surface area (Å²) in [5, 5.41) is 9.98. The smallest absolute Gasteiger partial charge is 0.272 e. The number of hydrogen-bond donors (Lipinski definition) is 4. The minimum absolute atomic E-state index is 0.0346. The first-order chi connectivity index (χ1) is 14.3. The lowest BCUT2D eigenvalue weighted by atomic mass is 9.63. The molecule has 31 heavy (non-hydrogen) atoms. The number of benzene rings is 1. The van der Waals surface area contributed by atoms with Crippen LogP contribution in [0.1, 0.15) is 37.7 Å². The van der Waals surface area contributed by atoms with E-state index in [4.69, 9.17) is 39.2 Å². The average molecular weight is 401 g/mol. The molecule has 0 unspecified atom stereocenters. The number of imidazole rings is 1. The maximum absolute atomic E-state index is 12.7. The monoisotopic (exact) mass is 402 g/mol. The molecule has 144 valence electrons. The molecule has 2 heterocycles. The van der Waals surface area contributed by atoms with Crippen molar-refractivity contribution in [3.63, 3.8) is 0 Å². The number of nitrogens with one attached hydrogen (secondary N) is 3. The molecule has 0 amide bonds. The highest BCUT2D eigenvalue weighted by Crippen LogP contribution is 2.22. The molecule has 0 atom stereocenters. The molecule has 0 fully saturated rings. The zero-order chi connectivity index (χ0) is 23.2. The SMILES string of the molecule is [B]/C(c1c([B])c([B])c([B])c([B])c1O)=c1/[nH]c(=O)/c(=C/c2nc[nH]c2C(C)(C)C)[nH]c1=O. The molecule has 0 bridgehead atoms. The number of aromatic nitrogens is 4. The second-order valence-corrected chi connectivity index (χ2v) is 8.05. The minimum atomic E-state index is -0.732. The van der Waals surface area contributed by atoms with E-state index < -0.39 is 16.9 Å². The summed E-state index contributed by atoms with van der Waals surface area (Å²) in [5.74, 6) is -0.552. The maximum Gasteiger partial charge on any atom is 0.272 e. The first-order valence-corrected chi connectivity index (χ1v) is 9.17. The standard InChI is InChI=1S/C19H15B5N4O3/c1-19(2,3)16-6(25-5-26-16)4-7-17(30)28-14(18(31)27-7)10(21)8-9(20)11(22)12(23)13(24)15(8)29/h4-5,29H,1-3H3,(H,25,26)(H,27,31)(H,28,30)/b7-4-,14-10+. The van der Waals surface area contributed by atoms with E-state index in [1.807, 2.05) is 20.8 Å². The fourth-order valence-electron chi connectivity index (χ4n) is 3.13. The van der Waals surface area contributed by atoms with Crippen molar-refractivity contribution in [2.45, 2.75) is 26.2 Å². The highest BCUT2D eigenvalue weighted by molar-refractivity contribution is 6.64. The van der Waals surface area contributed by atoms with Crippen molar-refractivity contribution in [2.75, 3.05) is 0 Å². The van der Waals surface area contributed by atoms with Crippen LogP contribution < -0.4 is 43.7 Å². The van der Waals surface area contributed by atoms with Gasteiger partial charge in [0, 0.05) is 16.7 Å². The van der Waals surface area contributed by atoms with Crippen molar-refractivity contribution < 1.29 is 5.11 Å². The lowest BCUT2D eigenvalue weighted by molar-refractivity contribution is 0.479. The van der Waals surface area contributed by atoms with Gasteiger partial charge in [-0.05, 0) is 6.08 Å². The third kappa shape index (κ3) is 3.99. The molecule has 7 nitrogen and oxygen atoms in total. The van der Waals surface area contributed by atoms with Crippen LogP contribution in [-0.4, -0.2) is 64.3 Å². The summed E-state index contributed by atoms with van der Waals surface area (Å²) in [6.07, 6.45) is 2.95. The fourth-order valence-corrected chi connectivity index (χ4v) is 3.13. The molecule has 3 aromatic rings. The second kappa shape index (κ2) is 7.91. The highest BCUT2D eigenvalue weighted by Gasteiger charge is 2.19. The number of aromatic hydroxyl groups is 1. The quantitative estimate of drug-likeness (QED) is 0.323. The zero-order valence-corrected chi connectivity index (χ0v) is 17.3. The molecule has 0 aliphatic rings. The van der Waals surface area contributed by atoms with Crippen molar-refractivity contribution >= 4 is 72.6 Å². The lowest BCUT2D eigenvalue weighted by Gasteiger charge is -2.19. The van der Waals surface area contributed by atoms with Gasteiger partial charge in [-0.1, -0.05) is 37.2 Å². The summed E-state index contributed by atoms with van der Waals surface area (Å²) in [6, 6.07) is 0. The van der Waals surface area contributed by atoms with Gasteiger partial charge >= 0.3 is 0 Å². The first kappa shape index (κ1) is 22.7. The number of rotatable bonds is 2. The number of phenols is 1. The summed E-state index contributed by atoms with van der Waals surface area (Å²) in [6.45, 7) is 5.93. The maximum atomic E-state index is 12.7. The first-order valence-electron chi connectivity index (χ1n) is 9.17. The Balaban J connectivity index is 2.31. The molecule has 0 aliphatic heterocycles. The van der Waals surface area contributed by atoms with Crippen molar-refractivity contribution in [1.29, 1.82) is 0 Å². The van der Waals surface area contributed by atoms with Gasteiger partial charge in [-0.25, -0.2) is 4.98 Å². The minimum Gasteiger partial charge on any atom is -0.508 e. The summed E-state index contributed by atoms with van der Waals surface area (Å²) < 4.78 is 0. The van der Waals surface area contributed by atoms with Crippen LogP contribution in [0, 0.1) is 0 Å². The Labute approximate surface area is 184 Å². The summed E-state index contributed by atoms with van der Waals surface area (Å²) >= 11 is 0. The third-order valence-electron chi connectivity index (χ3n) is 4.83. The normalized spacial score (nSPS) is 13.5. The van der Waals surface area contributed by atoms with E-state index in [0.29, 0.717) is 5.69 Å². The zero-order valence-electron chi connectivity index (χ0n) is 17.3. The van der Waals surface area contributed by atoms with Gasteiger partial charge in [0.25, 0.3) is 11.1 Å². The van der Waals surface area contributed by atoms with Crippen molar-refractivity contribution in [1.82, 2.24) is 19.9 Å². The van der Waals surface area contributed by atoms with Gasteiger partial charge in [-0.2, -0.15) is 0 Å². The van der Waals surface area contributed by atoms with E-state index in [1.54, 1.807) is 0 Å².